The van der Waals surface area contributed by atoms with Crippen molar-refractivity contribution in [2.75, 3.05) is 38.7 Å². The molecule has 3 aromatic rings. The van der Waals surface area contributed by atoms with Gasteiger partial charge in [-0.2, -0.15) is 0 Å². The maximum absolute atomic E-state index is 12.8. The first-order valence-corrected chi connectivity index (χ1v) is 11.4. The highest BCUT2D eigenvalue weighted by molar-refractivity contribution is 7.80. The van der Waals surface area contributed by atoms with E-state index in [-0.39, 0.29) is 28.7 Å². The maximum Gasteiger partial charge on any atom is 0.259 e. The van der Waals surface area contributed by atoms with Crippen molar-refractivity contribution in [3.63, 3.8) is 0 Å². The molecule has 196 valence electrons. The summed E-state index contributed by atoms with van der Waals surface area (Å²) in [5, 5.41) is 11.6. The molecule has 0 heterocycles. The molecule has 2 amide bonds. The van der Waals surface area contributed by atoms with Crippen molar-refractivity contribution in [2.24, 2.45) is 5.11 Å². The van der Waals surface area contributed by atoms with Gasteiger partial charge in [0.25, 0.3) is 11.8 Å². The van der Waals surface area contributed by atoms with E-state index < -0.39 is 11.8 Å². The fourth-order valence-electron chi connectivity index (χ4n) is 3.33. The normalized spacial score (nSPS) is 9.87. The first kappa shape index (κ1) is 27.6. The van der Waals surface area contributed by atoms with E-state index >= 15 is 0 Å². The fraction of sp³-hybridized carbons (Fsp3) is 0.160. The van der Waals surface area contributed by atoms with Crippen molar-refractivity contribution in [2.45, 2.75) is 0 Å². The van der Waals surface area contributed by atoms with Gasteiger partial charge in [0.05, 0.1) is 26.9 Å². The Bertz CT molecular complexity index is 1370. The first-order chi connectivity index (χ1) is 18.4. The monoisotopic (exact) mass is 536 g/mol. The number of anilines is 2. The molecule has 0 unspecified atom stereocenters. The Morgan fingerprint density at radius 1 is 0.868 bits per heavy atom. The highest BCUT2D eigenvalue weighted by Crippen LogP contribution is 2.38. The molecule has 12 nitrogen and oxygen atoms in total. The number of hydrogen-bond donors (Lipinski definition) is 3. The van der Waals surface area contributed by atoms with Crippen molar-refractivity contribution >= 4 is 40.5 Å². The van der Waals surface area contributed by atoms with Crippen molar-refractivity contribution in [1.82, 2.24) is 5.32 Å². The van der Waals surface area contributed by atoms with Crippen LogP contribution in [0.1, 0.15) is 20.7 Å². The standard InChI is InChI=1S/C25H24N6O6S/c1-34-20-11-15(12-21(35-2)22(20)36-3)23(32)30-25(38)29-17-8-6-7-16(13-17)28-24(33)18-9-4-5-10-19(18)37-14-27-31-26/h4-13H,14H2,1-3H3,(H,28,33)(H2,29,30,32,38). The number of methoxy groups -OCH3 is 3. The number of para-hydroxylation sites is 1. The van der Waals surface area contributed by atoms with E-state index in [0.717, 1.165) is 0 Å². The van der Waals surface area contributed by atoms with E-state index in [4.69, 9.17) is 36.7 Å². The fourth-order valence-corrected chi connectivity index (χ4v) is 3.54. The average Bonchev–Trinajstić information content (AvgIpc) is 2.92. The summed E-state index contributed by atoms with van der Waals surface area (Å²) in [4.78, 5) is 28.2. The molecule has 0 saturated heterocycles. The van der Waals surface area contributed by atoms with E-state index in [2.05, 4.69) is 26.0 Å². The van der Waals surface area contributed by atoms with Gasteiger partial charge in [-0.15, -0.1) is 0 Å². The van der Waals surface area contributed by atoms with Crippen molar-refractivity contribution < 1.29 is 28.5 Å². The largest absolute Gasteiger partial charge is 0.493 e. The van der Waals surface area contributed by atoms with E-state index in [1.807, 2.05) is 0 Å². The van der Waals surface area contributed by atoms with Crippen LogP contribution >= 0.6 is 12.2 Å². The van der Waals surface area contributed by atoms with Crippen LogP contribution in [0.4, 0.5) is 11.4 Å². The van der Waals surface area contributed by atoms with Gasteiger partial charge in [0.2, 0.25) is 5.75 Å². The Hall–Kier alpha value is -5.00. The summed E-state index contributed by atoms with van der Waals surface area (Å²) in [5.74, 6) is 0.340. The molecule has 0 aliphatic rings. The molecular formula is C25H24N6O6S. The minimum Gasteiger partial charge on any atom is -0.493 e. The lowest BCUT2D eigenvalue weighted by atomic mass is 10.1. The predicted molar refractivity (Wildman–Crippen MR) is 145 cm³/mol. The van der Waals surface area contributed by atoms with E-state index in [1.165, 1.54) is 33.5 Å². The number of thiocarbonyl (C=S) groups is 1. The molecule has 0 aromatic heterocycles. The third-order valence-corrected chi connectivity index (χ3v) is 5.21. The SMILES string of the molecule is COc1cc(C(=O)NC(=S)Nc2cccc(NC(=O)c3ccccc3OCN=[N+]=[N-])c2)cc(OC)c1OC. The lowest BCUT2D eigenvalue weighted by molar-refractivity contribution is 0.0975. The smallest absolute Gasteiger partial charge is 0.259 e. The number of amides is 2. The Labute approximate surface area is 223 Å². The molecular weight excluding hydrogens is 512 g/mol. The zero-order valence-electron chi connectivity index (χ0n) is 20.7. The van der Waals surface area contributed by atoms with Crippen LogP contribution in [0.2, 0.25) is 0 Å². The minimum atomic E-state index is -0.497. The van der Waals surface area contributed by atoms with Crippen LogP contribution in [0.5, 0.6) is 23.0 Å². The highest BCUT2D eigenvalue weighted by atomic mass is 32.1. The van der Waals surface area contributed by atoms with Gasteiger partial charge in [-0.1, -0.05) is 23.3 Å². The van der Waals surface area contributed by atoms with Gasteiger partial charge in [0.15, 0.2) is 23.3 Å². The summed E-state index contributed by atoms with van der Waals surface area (Å²) in [5.41, 5.74) is 9.90. The molecule has 0 aliphatic carbocycles. The molecule has 3 N–H and O–H groups in total. The Kier molecular flexibility index (Phi) is 9.69. The van der Waals surface area contributed by atoms with E-state index in [9.17, 15) is 9.59 Å². The number of carbonyl (C=O) groups is 2. The molecule has 0 radical (unpaired) electrons. The second kappa shape index (κ2) is 13.3. The molecule has 0 bridgehead atoms. The number of ether oxygens (including phenoxy) is 4. The summed E-state index contributed by atoms with van der Waals surface area (Å²) in [6.07, 6.45) is 0. The number of nitrogens with zero attached hydrogens (tertiary/aromatic N) is 3. The summed E-state index contributed by atoms with van der Waals surface area (Å²) >= 11 is 5.29. The molecule has 0 saturated carbocycles. The summed E-state index contributed by atoms with van der Waals surface area (Å²) < 4.78 is 21.2. The summed E-state index contributed by atoms with van der Waals surface area (Å²) in [6, 6.07) is 16.3. The van der Waals surface area contributed by atoms with Crippen LogP contribution in [-0.4, -0.2) is 45.0 Å². The number of nitrogens with one attached hydrogen (secondary N) is 3. The predicted octanol–water partition coefficient (Wildman–Crippen LogP) is 4.74. The van der Waals surface area contributed by atoms with Gasteiger partial charge in [-0.3, -0.25) is 14.9 Å². The van der Waals surface area contributed by atoms with Crippen LogP contribution in [0.15, 0.2) is 65.8 Å². The maximum atomic E-state index is 12.8. The second-order valence-electron chi connectivity index (χ2n) is 7.36. The molecule has 3 aromatic carbocycles. The van der Waals surface area contributed by atoms with Crippen LogP contribution in [-0.2, 0) is 0 Å². The van der Waals surface area contributed by atoms with Crippen LogP contribution in [0.3, 0.4) is 0 Å². The van der Waals surface area contributed by atoms with Crippen LogP contribution in [0, 0.1) is 0 Å². The first-order valence-electron chi connectivity index (χ1n) is 11.0. The van der Waals surface area contributed by atoms with Crippen molar-refractivity contribution in [3.05, 3.63) is 82.2 Å². The number of rotatable bonds is 10. The molecule has 38 heavy (non-hydrogen) atoms. The van der Waals surface area contributed by atoms with Crippen LogP contribution in [0.25, 0.3) is 10.4 Å². The Balaban J connectivity index is 1.67. The number of azide groups is 1. The highest BCUT2D eigenvalue weighted by Gasteiger charge is 2.18. The van der Waals surface area contributed by atoms with Gasteiger partial charge in [-0.05, 0) is 60.2 Å². The third kappa shape index (κ3) is 7.03. The Morgan fingerprint density at radius 2 is 1.53 bits per heavy atom. The number of hydrogen-bond acceptors (Lipinski definition) is 8. The minimum absolute atomic E-state index is 0.0315. The van der Waals surface area contributed by atoms with Gasteiger partial charge in [0.1, 0.15) is 5.75 Å². The van der Waals surface area contributed by atoms with Crippen molar-refractivity contribution in [1.29, 1.82) is 0 Å². The zero-order chi connectivity index (χ0) is 27.5. The molecule has 3 rings (SSSR count). The van der Waals surface area contributed by atoms with Gasteiger partial charge in [0, 0.05) is 21.8 Å². The zero-order valence-corrected chi connectivity index (χ0v) is 21.5. The lowest BCUT2D eigenvalue weighted by Crippen LogP contribution is -2.34. The Morgan fingerprint density at radius 3 is 2.16 bits per heavy atom. The molecule has 0 fully saturated rings. The summed E-state index contributed by atoms with van der Waals surface area (Å²) in [6.45, 7) is -0.251. The topological polar surface area (TPSA) is 156 Å². The van der Waals surface area contributed by atoms with Gasteiger partial charge < -0.3 is 29.6 Å². The van der Waals surface area contributed by atoms with Gasteiger partial charge >= 0.3 is 0 Å². The van der Waals surface area contributed by atoms with Gasteiger partial charge in [-0.25, -0.2) is 0 Å². The lowest BCUT2D eigenvalue weighted by Gasteiger charge is -2.15. The second-order valence-corrected chi connectivity index (χ2v) is 7.77. The average molecular weight is 537 g/mol. The molecule has 0 aliphatic heterocycles. The number of benzene rings is 3. The summed E-state index contributed by atoms with van der Waals surface area (Å²) in [7, 11) is 4.37. The number of carbonyl (C=O) groups excluding carboxylic acids is 2. The van der Waals surface area contributed by atoms with Crippen LogP contribution < -0.4 is 34.9 Å². The van der Waals surface area contributed by atoms with E-state index in [1.54, 1.807) is 48.5 Å². The molecule has 0 atom stereocenters. The molecule has 0 spiro atoms. The third-order valence-electron chi connectivity index (χ3n) is 5.01. The van der Waals surface area contributed by atoms with Crippen molar-refractivity contribution in [3.8, 4) is 23.0 Å². The van der Waals surface area contributed by atoms with E-state index in [0.29, 0.717) is 28.6 Å². The molecule has 13 heteroatoms. The quantitative estimate of drug-likeness (QED) is 0.145.